The average Bonchev–Trinajstić information content (AvgIpc) is 2.77. The van der Waals surface area contributed by atoms with Crippen LogP contribution in [0, 0.1) is 5.92 Å². The van der Waals surface area contributed by atoms with Gasteiger partial charge in [-0.3, -0.25) is 0 Å². The highest BCUT2D eigenvalue weighted by atomic mass is 32.2. The lowest BCUT2D eigenvalue weighted by Crippen LogP contribution is -2.25. The molecular formula is C11H18OS. The molecule has 1 unspecified atom stereocenters. The van der Waals surface area contributed by atoms with Gasteiger partial charge < -0.3 is 4.79 Å². The summed E-state index contributed by atoms with van der Waals surface area (Å²) in [6, 6.07) is 0. The van der Waals surface area contributed by atoms with Gasteiger partial charge in [0.25, 0.3) is 0 Å². The van der Waals surface area contributed by atoms with Crippen LogP contribution in [0.25, 0.3) is 0 Å². The molecule has 2 heteroatoms. The summed E-state index contributed by atoms with van der Waals surface area (Å²) in [6.45, 7) is 0. The molecule has 1 aliphatic carbocycles. The second kappa shape index (κ2) is 4.04. The number of aldehydes is 1. The lowest BCUT2D eigenvalue weighted by Gasteiger charge is -2.24. The van der Waals surface area contributed by atoms with E-state index >= 15 is 0 Å². The molecule has 1 atom stereocenters. The molecule has 0 aromatic carbocycles. The fraction of sp³-hybridized carbons (Fsp3) is 0.909. The van der Waals surface area contributed by atoms with Crippen LogP contribution in [0.4, 0.5) is 0 Å². The summed E-state index contributed by atoms with van der Waals surface area (Å²) in [7, 11) is 0. The molecule has 0 N–H and O–H groups in total. The predicted molar refractivity (Wildman–Crippen MR) is 57.1 cm³/mol. The minimum absolute atomic E-state index is 0.0367. The quantitative estimate of drug-likeness (QED) is 0.648. The Morgan fingerprint density at radius 1 is 1.31 bits per heavy atom. The first-order chi connectivity index (χ1) is 6.35. The maximum Gasteiger partial charge on any atom is 0.136 e. The van der Waals surface area contributed by atoms with E-state index in [-0.39, 0.29) is 4.75 Å². The van der Waals surface area contributed by atoms with Crippen molar-refractivity contribution in [2.24, 2.45) is 5.92 Å². The maximum absolute atomic E-state index is 11.1. The number of carbonyl (C=O) groups is 1. The van der Waals surface area contributed by atoms with Gasteiger partial charge in [-0.25, -0.2) is 0 Å². The van der Waals surface area contributed by atoms with E-state index < -0.39 is 0 Å². The van der Waals surface area contributed by atoms with Crippen LogP contribution in [0.15, 0.2) is 0 Å². The van der Waals surface area contributed by atoms with Gasteiger partial charge in [0.05, 0.1) is 4.75 Å². The first kappa shape index (κ1) is 9.57. The molecule has 2 rings (SSSR count). The van der Waals surface area contributed by atoms with Crippen LogP contribution in [0.3, 0.4) is 0 Å². The molecule has 1 aliphatic heterocycles. The summed E-state index contributed by atoms with van der Waals surface area (Å²) in [5, 5.41) is 0. The largest absolute Gasteiger partial charge is 0.302 e. The van der Waals surface area contributed by atoms with Crippen molar-refractivity contribution in [1.29, 1.82) is 0 Å². The van der Waals surface area contributed by atoms with Crippen molar-refractivity contribution < 1.29 is 4.79 Å². The monoisotopic (exact) mass is 198 g/mol. The topological polar surface area (TPSA) is 17.1 Å². The van der Waals surface area contributed by atoms with E-state index in [0.717, 1.165) is 12.3 Å². The summed E-state index contributed by atoms with van der Waals surface area (Å²) >= 11 is 1.91. The summed E-state index contributed by atoms with van der Waals surface area (Å²) in [6.07, 6.45) is 10.3. The third-order valence-corrected chi connectivity index (χ3v) is 4.99. The molecule has 74 valence electrons. The third-order valence-electron chi connectivity index (χ3n) is 3.46. The van der Waals surface area contributed by atoms with Crippen molar-refractivity contribution >= 4 is 18.0 Å². The van der Waals surface area contributed by atoms with Gasteiger partial charge in [-0.05, 0) is 30.9 Å². The van der Waals surface area contributed by atoms with Crippen molar-refractivity contribution in [2.75, 3.05) is 5.75 Å². The zero-order chi connectivity index (χ0) is 9.15. The smallest absolute Gasteiger partial charge is 0.136 e. The normalized spacial score (nSPS) is 35.4. The average molecular weight is 198 g/mol. The van der Waals surface area contributed by atoms with Crippen LogP contribution in [0.2, 0.25) is 0 Å². The molecule has 0 amide bonds. The van der Waals surface area contributed by atoms with Crippen LogP contribution in [-0.2, 0) is 4.79 Å². The number of thioether (sulfide) groups is 1. The second-order valence-electron chi connectivity index (χ2n) is 4.49. The Morgan fingerprint density at radius 2 is 2.08 bits per heavy atom. The molecule has 1 saturated heterocycles. The Bertz CT molecular complexity index is 179. The number of carbonyl (C=O) groups excluding carboxylic acids is 1. The molecule has 0 aromatic heterocycles. The highest BCUT2D eigenvalue weighted by Gasteiger charge is 2.37. The number of hydrogen-bond donors (Lipinski definition) is 0. The van der Waals surface area contributed by atoms with Crippen molar-refractivity contribution in [3.05, 3.63) is 0 Å². The molecular weight excluding hydrogens is 180 g/mol. The molecule has 0 spiro atoms. The fourth-order valence-corrected chi connectivity index (χ4v) is 4.13. The van der Waals surface area contributed by atoms with Gasteiger partial charge in [0.15, 0.2) is 0 Å². The summed E-state index contributed by atoms with van der Waals surface area (Å²) in [4.78, 5) is 11.1. The minimum atomic E-state index is 0.0367. The lowest BCUT2D eigenvalue weighted by molar-refractivity contribution is -0.110. The van der Waals surface area contributed by atoms with Crippen LogP contribution < -0.4 is 0 Å². The molecule has 2 fully saturated rings. The Labute approximate surface area is 84.7 Å². The van der Waals surface area contributed by atoms with Gasteiger partial charge in [-0.2, -0.15) is 0 Å². The SMILES string of the molecule is O=CC1(CC2CCCC2)CCCS1. The summed E-state index contributed by atoms with van der Waals surface area (Å²) in [5.74, 6) is 2.06. The number of rotatable bonds is 3. The molecule has 1 heterocycles. The first-order valence-electron chi connectivity index (χ1n) is 5.45. The van der Waals surface area contributed by atoms with E-state index in [2.05, 4.69) is 0 Å². The Kier molecular flexibility index (Phi) is 2.97. The van der Waals surface area contributed by atoms with Crippen molar-refractivity contribution in [3.63, 3.8) is 0 Å². The fourth-order valence-electron chi connectivity index (χ4n) is 2.72. The van der Waals surface area contributed by atoms with Crippen molar-refractivity contribution in [1.82, 2.24) is 0 Å². The van der Waals surface area contributed by atoms with Crippen LogP contribution in [0.1, 0.15) is 44.9 Å². The first-order valence-corrected chi connectivity index (χ1v) is 6.43. The maximum atomic E-state index is 11.1. The molecule has 0 bridgehead atoms. The van der Waals surface area contributed by atoms with E-state index in [0.29, 0.717) is 0 Å². The van der Waals surface area contributed by atoms with E-state index in [1.807, 2.05) is 11.8 Å². The molecule has 1 nitrogen and oxygen atoms in total. The van der Waals surface area contributed by atoms with E-state index in [1.165, 1.54) is 50.6 Å². The molecule has 13 heavy (non-hydrogen) atoms. The van der Waals surface area contributed by atoms with Gasteiger partial charge in [0, 0.05) is 0 Å². The molecule has 1 saturated carbocycles. The van der Waals surface area contributed by atoms with Crippen molar-refractivity contribution in [3.8, 4) is 0 Å². The van der Waals surface area contributed by atoms with E-state index in [1.54, 1.807) is 0 Å². The minimum Gasteiger partial charge on any atom is -0.302 e. The zero-order valence-corrected chi connectivity index (χ0v) is 8.94. The second-order valence-corrected chi connectivity index (χ2v) is 6.00. The van der Waals surface area contributed by atoms with Crippen LogP contribution in [-0.4, -0.2) is 16.8 Å². The van der Waals surface area contributed by atoms with Crippen LogP contribution in [0.5, 0.6) is 0 Å². The standard InChI is InChI=1S/C11H18OS/c12-9-11(6-3-7-13-11)8-10-4-1-2-5-10/h9-10H,1-8H2. The third kappa shape index (κ3) is 2.09. The Morgan fingerprint density at radius 3 is 2.62 bits per heavy atom. The summed E-state index contributed by atoms with van der Waals surface area (Å²) in [5.41, 5.74) is 0. The van der Waals surface area contributed by atoms with Crippen molar-refractivity contribution in [2.45, 2.75) is 49.7 Å². The van der Waals surface area contributed by atoms with E-state index in [4.69, 9.17) is 0 Å². The van der Waals surface area contributed by atoms with Gasteiger partial charge in [-0.15, -0.1) is 11.8 Å². The van der Waals surface area contributed by atoms with Gasteiger partial charge in [0.1, 0.15) is 6.29 Å². The molecule has 0 radical (unpaired) electrons. The summed E-state index contributed by atoms with van der Waals surface area (Å²) < 4.78 is 0.0367. The Balaban J connectivity index is 1.92. The Hall–Kier alpha value is 0.0200. The predicted octanol–water partition coefficient (Wildman–Crippen LogP) is 3.03. The van der Waals surface area contributed by atoms with Gasteiger partial charge >= 0.3 is 0 Å². The van der Waals surface area contributed by atoms with E-state index in [9.17, 15) is 4.79 Å². The molecule has 2 aliphatic rings. The zero-order valence-electron chi connectivity index (χ0n) is 8.13. The number of hydrogen-bond acceptors (Lipinski definition) is 2. The van der Waals surface area contributed by atoms with Gasteiger partial charge in [0.2, 0.25) is 0 Å². The van der Waals surface area contributed by atoms with Crippen LogP contribution >= 0.6 is 11.8 Å². The highest BCUT2D eigenvalue weighted by Crippen LogP contribution is 2.44. The molecule has 0 aromatic rings. The van der Waals surface area contributed by atoms with Gasteiger partial charge in [-0.1, -0.05) is 25.7 Å². The lowest BCUT2D eigenvalue weighted by atomic mass is 9.91. The highest BCUT2D eigenvalue weighted by molar-refractivity contribution is 8.01.